The summed E-state index contributed by atoms with van der Waals surface area (Å²) >= 11 is 0. The number of nitrogens with one attached hydrogen (secondary N) is 1. The maximum absolute atomic E-state index is 13.1. The van der Waals surface area contributed by atoms with Gasteiger partial charge in [-0.05, 0) is 30.7 Å². The van der Waals surface area contributed by atoms with E-state index in [1.165, 1.54) is 12.1 Å². The third-order valence-electron chi connectivity index (χ3n) is 2.84. The van der Waals surface area contributed by atoms with Crippen LogP contribution in [0.4, 0.5) is 10.2 Å². The third-order valence-corrected chi connectivity index (χ3v) is 2.84. The van der Waals surface area contributed by atoms with Crippen LogP contribution in [0.1, 0.15) is 19.0 Å². The highest BCUT2D eigenvalue weighted by Crippen LogP contribution is 2.15. The van der Waals surface area contributed by atoms with Crippen molar-refractivity contribution in [1.82, 2.24) is 10.2 Å². The number of aromatic nitrogens is 2. The van der Waals surface area contributed by atoms with Gasteiger partial charge in [0.15, 0.2) is 5.69 Å². The molecule has 1 atom stereocenters. The number of hydrogen-bond acceptors (Lipinski definition) is 5. The standard InChI is InChI=1S/C15H15FN4O/c1-2-13(21-14-5-3-4-11(16)8-14)10-18-15-7-6-12(9-17)19-20-15/h3-8,13H,2,10H2,1H3,(H,18,20). The average molecular weight is 286 g/mol. The molecule has 0 aliphatic heterocycles. The smallest absolute Gasteiger partial charge is 0.163 e. The lowest BCUT2D eigenvalue weighted by molar-refractivity contribution is 0.209. The fourth-order valence-corrected chi connectivity index (χ4v) is 1.71. The van der Waals surface area contributed by atoms with Gasteiger partial charge in [-0.25, -0.2) is 4.39 Å². The molecule has 0 saturated carbocycles. The highest BCUT2D eigenvalue weighted by atomic mass is 19.1. The first-order valence-corrected chi connectivity index (χ1v) is 6.61. The van der Waals surface area contributed by atoms with E-state index >= 15 is 0 Å². The van der Waals surface area contributed by atoms with Crippen molar-refractivity contribution in [3.05, 3.63) is 47.9 Å². The van der Waals surface area contributed by atoms with E-state index in [1.807, 2.05) is 13.0 Å². The van der Waals surface area contributed by atoms with E-state index in [0.717, 1.165) is 6.42 Å². The Bertz CT molecular complexity index is 624. The van der Waals surface area contributed by atoms with Gasteiger partial charge in [0, 0.05) is 6.07 Å². The van der Waals surface area contributed by atoms with Gasteiger partial charge < -0.3 is 10.1 Å². The van der Waals surface area contributed by atoms with Crippen molar-refractivity contribution in [3.63, 3.8) is 0 Å². The van der Waals surface area contributed by atoms with Crippen LogP contribution in [-0.2, 0) is 0 Å². The van der Waals surface area contributed by atoms with Gasteiger partial charge in [0.25, 0.3) is 0 Å². The summed E-state index contributed by atoms with van der Waals surface area (Å²) < 4.78 is 18.8. The van der Waals surface area contributed by atoms with Crippen LogP contribution in [0.3, 0.4) is 0 Å². The Hall–Kier alpha value is -2.68. The molecule has 0 saturated heterocycles. The summed E-state index contributed by atoms with van der Waals surface area (Å²) in [5.41, 5.74) is 0.267. The van der Waals surface area contributed by atoms with Crippen molar-refractivity contribution in [2.45, 2.75) is 19.4 Å². The highest BCUT2D eigenvalue weighted by Gasteiger charge is 2.09. The number of nitrogens with zero attached hydrogens (tertiary/aromatic N) is 3. The van der Waals surface area contributed by atoms with E-state index in [4.69, 9.17) is 10.00 Å². The summed E-state index contributed by atoms with van der Waals surface area (Å²) in [6, 6.07) is 11.2. The Morgan fingerprint density at radius 1 is 1.33 bits per heavy atom. The Morgan fingerprint density at radius 2 is 2.19 bits per heavy atom. The predicted octanol–water partition coefficient (Wildman–Crippen LogP) is 2.76. The molecule has 1 aromatic heterocycles. The summed E-state index contributed by atoms with van der Waals surface area (Å²) in [5.74, 6) is 0.734. The minimum absolute atomic E-state index is 0.121. The fourth-order valence-electron chi connectivity index (χ4n) is 1.71. The van der Waals surface area contributed by atoms with E-state index in [9.17, 15) is 4.39 Å². The molecule has 1 aromatic carbocycles. The summed E-state index contributed by atoms with van der Waals surface area (Å²) in [7, 11) is 0. The normalized spacial score (nSPS) is 11.5. The molecule has 0 bridgehead atoms. The van der Waals surface area contributed by atoms with E-state index in [2.05, 4.69) is 15.5 Å². The second kappa shape index (κ2) is 7.20. The first-order valence-electron chi connectivity index (χ1n) is 6.61. The van der Waals surface area contributed by atoms with Crippen LogP contribution >= 0.6 is 0 Å². The molecule has 21 heavy (non-hydrogen) atoms. The lowest BCUT2D eigenvalue weighted by atomic mass is 10.2. The number of nitriles is 1. The van der Waals surface area contributed by atoms with Crippen LogP contribution in [0.25, 0.3) is 0 Å². The van der Waals surface area contributed by atoms with Gasteiger partial charge in [-0.2, -0.15) is 5.26 Å². The molecule has 1 N–H and O–H groups in total. The second-order valence-electron chi connectivity index (χ2n) is 4.40. The molecular weight excluding hydrogens is 271 g/mol. The van der Waals surface area contributed by atoms with E-state index < -0.39 is 0 Å². The number of benzene rings is 1. The molecule has 0 fully saturated rings. The van der Waals surface area contributed by atoms with Crippen LogP contribution in [0.2, 0.25) is 0 Å². The Balaban J connectivity index is 1.91. The maximum Gasteiger partial charge on any atom is 0.163 e. The lowest BCUT2D eigenvalue weighted by Gasteiger charge is -2.18. The summed E-state index contributed by atoms with van der Waals surface area (Å²) in [5, 5.41) is 19.3. The van der Waals surface area contributed by atoms with Gasteiger partial charge in [0.2, 0.25) is 0 Å². The summed E-state index contributed by atoms with van der Waals surface area (Å²) in [6.07, 6.45) is 0.636. The summed E-state index contributed by atoms with van der Waals surface area (Å²) in [4.78, 5) is 0. The van der Waals surface area contributed by atoms with Crippen LogP contribution < -0.4 is 10.1 Å². The number of halogens is 1. The fraction of sp³-hybridized carbons (Fsp3) is 0.267. The van der Waals surface area contributed by atoms with Crippen molar-refractivity contribution < 1.29 is 9.13 Å². The van der Waals surface area contributed by atoms with Crippen molar-refractivity contribution in [2.24, 2.45) is 0 Å². The van der Waals surface area contributed by atoms with Crippen LogP contribution in [0.5, 0.6) is 5.75 Å². The summed E-state index contributed by atoms with van der Waals surface area (Å²) in [6.45, 7) is 2.49. The Labute approximate surface area is 122 Å². The molecule has 5 nitrogen and oxygen atoms in total. The van der Waals surface area contributed by atoms with Gasteiger partial charge in [-0.3, -0.25) is 0 Å². The van der Waals surface area contributed by atoms with Crippen LogP contribution in [0.15, 0.2) is 36.4 Å². The van der Waals surface area contributed by atoms with Crippen molar-refractivity contribution >= 4 is 5.82 Å². The molecule has 1 unspecified atom stereocenters. The molecule has 108 valence electrons. The minimum atomic E-state index is -0.326. The van der Waals surface area contributed by atoms with Gasteiger partial charge in [0.1, 0.15) is 29.6 Å². The molecule has 0 amide bonds. The monoisotopic (exact) mass is 286 g/mol. The van der Waals surface area contributed by atoms with Crippen molar-refractivity contribution in [2.75, 3.05) is 11.9 Å². The van der Waals surface area contributed by atoms with Crippen molar-refractivity contribution in [3.8, 4) is 11.8 Å². The zero-order valence-corrected chi connectivity index (χ0v) is 11.6. The second-order valence-corrected chi connectivity index (χ2v) is 4.40. The van der Waals surface area contributed by atoms with E-state index in [-0.39, 0.29) is 17.6 Å². The number of rotatable bonds is 6. The van der Waals surface area contributed by atoms with E-state index in [0.29, 0.717) is 18.1 Å². The molecular formula is C15H15FN4O. The average Bonchev–Trinajstić information content (AvgIpc) is 2.52. The minimum Gasteiger partial charge on any atom is -0.489 e. The number of anilines is 1. The van der Waals surface area contributed by atoms with Gasteiger partial charge in [0.05, 0.1) is 6.54 Å². The third kappa shape index (κ3) is 4.42. The molecule has 0 aliphatic rings. The molecule has 0 radical (unpaired) electrons. The predicted molar refractivity (Wildman–Crippen MR) is 76.3 cm³/mol. The number of hydrogen-bond donors (Lipinski definition) is 1. The molecule has 2 aromatic rings. The topological polar surface area (TPSA) is 70.8 Å². The zero-order valence-electron chi connectivity index (χ0n) is 11.6. The first-order chi connectivity index (χ1) is 10.2. The lowest BCUT2D eigenvalue weighted by Crippen LogP contribution is -2.25. The Kier molecular flexibility index (Phi) is 5.04. The van der Waals surface area contributed by atoms with Crippen molar-refractivity contribution in [1.29, 1.82) is 5.26 Å². The molecule has 0 spiro atoms. The largest absolute Gasteiger partial charge is 0.489 e. The van der Waals surface area contributed by atoms with Gasteiger partial charge in [-0.15, -0.1) is 10.2 Å². The molecule has 2 rings (SSSR count). The van der Waals surface area contributed by atoms with Crippen LogP contribution in [-0.4, -0.2) is 22.8 Å². The first kappa shape index (κ1) is 14.7. The molecule has 0 aliphatic carbocycles. The maximum atomic E-state index is 13.1. The SMILES string of the molecule is CCC(CNc1ccc(C#N)nn1)Oc1cccc(F)c1. The van der Waals surface area contributed by atoms with Crippen LogP contribution in [0, 0.1) is 17.1 Å². The quantitative estimate of drug-likeness (QED) is 0.884. The van der Waals surface area contributed by atoms with Gasteiger partial charge >= 0.3 is 0 Å². The van der Waals surface area contributed by atoms with E-state index in [1.54, 1.807) is 24.3 Å². The number of ether oxygens (including phenoxy) is 1. The molecule has 6 heteroatoms. The highest BCUT2D eigenvalue weighted by molar-refractivity contribution is 5.35. The zero-order chi connectivity index (χ0) is 15.1. The Morgan fingerprint density at radius 3 is 2.81 bits per heavy atom. The van der Waals surface area contributed by atoms with Gasteiger partial charge in [-0.1, -0.05) is 13.0 Å². The molecule has 1 heterocycles.